The number of hydrogen-bond acceptors (Lipinski definition) is 7. The highest BCUT2D eigenvalue weighted by Crippen LogP contribution is 2.41. The molecule has 5 rings (SSSR count). The average Bonchev–Trinajstić information content (AvgIpc) is 3.47. The number of nitrogens with two attached hydrogens (primary N) is 1. The van der Waals surface area contributed by atoms with Crippen LogP contribution in [0.5, 0.6) is 0 Å². The summed E-state index contributed by atoms with van der Waals surface area (Å²) in [6, 6.07) is 18.8. The normalized spacial score (nSPS) is 15.2. The van der Waals surface area contributed by atoms with E-state index < -0.39 is 0 Å². The zero-order valence-corrected chi connectivity index (χ0v) is 18.9. The van der Waals surface area contributed by atoms with Gasteiger partial charge in [-0.2, -0.15) is 5.21 Å². The summed E-state index contributed by atoms with van der Waals surface area (Å²) in [7, 11) is 0. The Morgan fingerprint density at radius 3 is 2.48 bits per heavy atom. The standard InChI is InChI=1S/C25H28N8/c1-3-7-19-14-15-27-25-23(19)33(26)22(4-2)32(25)16-17-10-12-18(13-11-17)20-8-5-6-9-21(20)24-28-30-31-29-24/h5-6,8-15,22H,3-4,7,16,26H2,1-2H3,(H,28,29,30,31). The van der Waals surface area contributed by atoms with Crippen LogP contribution < -0.4 is 15.8 Å². The Morgan fingerprint density at radius 2 is 1.79 bits per heavy atom. The van der Waals surface area contributed by atoms with Crippen molar-refractivity contribution in [3.8, 4) is 22.5 Å². The number of nitrogens with one attached hydrogen (secondary N) is 1. The lowest BCUT2D eigenvalue weighted by molar-refractivity contribution is 0.567. The van der Waals surface area contributed by atoms with Crippen LogP contribution in [0.2, 0.25) is 0 Å². The molecular weight excluding hydrogens is 412 g/mol. The Kier molecular flexibility index (Phi) is 5.75. The molecule has 0 aliphatic carbocycles. The number of hydrogen-bond donors (Lipinski definition) is 2. The molecule has 4 aromatic rings. The largest absolute Gasteiger partial charge is 0.329 e. The van der Waals surface area contributed by atoms with Gasteiger partial charge in [0.15, 0.2) is 5.82 Å². The van der Waals surface area contributed by atoms with Crippen LogP contribution in [-0.4, -0.2) is 31.8 Å². The lowest BCUT2D eigenvalue weighted by atomic mass is 9.98. The van der Waals surface area contributed by atoms with E-state index in [1.54, 1.807) is 0 Å². The summed E-state index contributed by atoms with van der Waals surface area (Å²) in [5.74, 6) is 8.13. The van der Waals surface area contributed by atoms with E-state index in [1.165, 1.54) is 11.1 Å². The minimum Gasteiger partial charge on any atom is -0.329 e. The molecule has 0 saturated heterocycles. The van der Waals surface area contributed by atoms with Crippen molar-refractivity contribution in [3.05, 3.63) is 71.9 Å². The highest BCUT2D eigenvalue weighted by atomic mass is 15.6. The average molecular weight is 441 g/mol. The number of hydrazine groups is 1. The third-order valence-corrected chi connectivity index (χ3v) is 6.22. The number of benzene rings is 2. The van der Waals surface area contributed by atoms with E-state index in [0.717, 1.165) is 54.0 Å². The number of aryl methyl sites for hydroxylation is 1. The fraction of sp³-hybridized carbons (Fsp3) is 0.280. The maximum Gasteiger partial charge on any atom is 0.205 e. The summed E-state index contributed by atoms with van der Waals surface area (Å²) < 4.78 is 0. The molecule has 2 aromatic carbocycles. The predicted octanol–water partition coefficient (Wildman–Crippen LogP) is 4.32. The van der Waals surface area contributed by atoms with E-state index in [9.17, 15) is 0 Å². The third-order valence-electron chi connectivity index (χ3n) is 6.22. The molecule has 0 spiro atoms. The summed E-state index contributed by atoms with van der Waals surface area (Å²) in [4.78, 5) is 7.03. The molecule has 8 nitrogen and oxygen atoms in total. The SMILES string of the molecule is CCCc1ccnc2c1N(N)C(CC)N2Cc1ccc(-c2ccccc2-c2nn[nH]n2)cc1. The summed E-state index contributed by atoms with van der Waals surface area (Å²) in [6.45, 7) is 5.10. The zero-order chi connectivity index (χ0) is 22.8. The number of aromatic nitrogens is 5. The van der Waals surface area contributed by atoms with Crippen molar-refractivity contribution >= 4 is 11.5 Å². The number of rotatable bonds is 7. The van der Waals surface area contributed by atoms with Crippen molar-refractivity contribution in [1.82, 2.24) is 25.6 Å². The van der Waals surface area contributed by atoms with Crippen LogP contribution in [0.1, 0.15) is 37.8 Å². The molecule has 8 heteroatoms. The fourth-order valence-electron chi connectivity index (χ4n) is 4.67. The van der Waals surface area contributed by atoms with Gasteiger partial charge in [-0.15, -0.1) is 10.2 Å². The summed E-state index contributed by atoms with van der Waals surface area (Å²) in [6.07, 6.45) is 4.98. The van der Waals surface area contributed by atoms with E-state index in [0.29, 0.717) is 5.82 Å². The topological polar surface area (TPSA) is 99.9 Å². The third kappa shape index (κ3) is 3.82. The van der Waals surface area contributed by atoms with Crippen molar-refractivity contribution in [3.63, 3.8) is 0 Å². The molecule has 0 saturated carbocycles. The maximum absolute atomic E-state index is 6.57. The minimum atomic E-state index is 0.0872. The van der Waals surface area contributed by atoms with Gasteiger partial charge in [0.05, 0.1) is 5.69 Å². The lowest BCUT2D eigenvalue weighted by Crippen LogP contribution is -2.46. The van der Waals surface area contributed by atoms with E-state index in [1.807, 2.05) is 29.4 Å². The Hall–Kier alpha value is -3.78. The van der Waals surface area contributed by atoms with E-state index >= 15 is 0 Å². The molecule has 1 aliphatic heterocycles. The molecule has 1 aliphatic rings. The van der Waals surface area contributed by atoms with Crippen molar-refractivity contribution in [1.29, 1.82) is 0 Å². The molecule has 33 heavy (non-hydrogen) atoms. The van der Waals surface area contributed by atoms with Crippen molar-refractivity contribution in [2.75, 3.05) is 9.91 Å². The Balaban J connectivity index is 1.44. The minimum absolute atomic E-state index is 0.0872. The maximum atomic E-state index is 6.57. The number of aromatic amines is 1. The zero-order valence-electron chi connectivity index (χ0n) is 18.9. The molecule has 0 radical (unpaired) electrons. The van der Waals surface area contributed by atoms with Gasteiger partial charge in [-0.05, 0) is 46.4 Å². The Labute approximate surface area is 193 Å². The van der Waals surface area contributed by atoms with Crippen LogP contribution >= 0.6 is 0 Å². The van der Waals surface area contributed by atoms with Crippen molar-refractivity contribution < 1.29 is 0 Å². The molecule has 2 aromatic heterocycles. The van der Waals surface area contributed by atoms with Gasteiger partial charge in [-0.3, -0.25) is 5.01 Å². The van der Waals surface area contributed by atoms with Crippen LogP contribution in [0.15, 0.2) is 60.8 Å². The fourth-order valence-corrected chi connectivity index (χ4v) is 4.67. The van der Waals surface area contributed by atoms with Gasteiger partial charge in [-0.1, -0.05) is 68.8 Å². The van der Waals surface area contributed by atoms with Crippen LogP contribution in [-0.2, 0) is 13.0 Å². The van der Waals surface area contributed by atoms with Crippen LogP contribution in [0.4, 0.5) is 11.5 Å². The second kappa shape index (κ2) is 8.99. The van der Waals surface area contributed by atoms with Gasteiger partial charge in [0.1, 0.15) is 6.17 Å². The highest BCUT2D eigenvalue weighted by molar-refractivity contribution is 5.80. The van der Waals surface area contributed by atoms with Crippen LogP contribution in [0, 0.1) is 0 Å². The summed E-state index contributed by atoms with van der Waals surface area (Å²) >= 11 is 0. The highest BCUT2D eigenvalue weighted by Gasteiger charge is 2.35. The lowest BCUT2D eigenvalue weighted by Gasteiger charge is -2.29. The van der Waals surface area contributed by atoms with Gasteiger partial charge in [0.2, 0.25) is 5.82 Å². The van der Waals surface area contributed by atoms with Gasteiger partial charge in [0, 0.05) is 18.3 Å². The number of tetrazole rings is 1. The quantitative estimate of drug-likeness (QED) is 0.413. The molecule has 1 atom stereocenters. The first-order valence-corrected chi connectivity index (χ1v) is 11.4. The first kappa shape index (κ1) is 21.1. The first-order chi connectivity index (χ1) is 16.2. The van der Waals surface area contributed by atoms with E-state index in [4.69, 9.17) is 10.8 Å². The molecule has 0 amide bonds. The summed E-state index contributed by atoms with van der Waals surface area (Å²) in [5.41, 5.74) is 6.67. The molecule has 0 bridgehead atoms. The van der Waals surface area contributed by atoms with Gasteiger partial charge >= 0.3 is 0 Å². The molecule has 3 heterocycles. The van der Waals surface area contributed by atoms with Crippen LogP contribution in [0.3, 0.4) is 0 Å². The van der Waals surface area contributed by atoms with Gasteiger partial charge in [-0.25, -0.2) is 10.8 Å². The number of anilines is 2. The monoisotopic (exact) mass is 440 g/mol. The number of nitrogens with zero attached hydrogens (tertiary/aromatic N) is 6. The second-order valence-corrected chi connectivity index (χ2v) is 8.29. The van der Waals surface area contributed by atoms with E-state index in [2.05, 4.69) is 75.8 Å². The predicted molar refractivity (Wildman–Crippen MR) is 130 cm³/mol. The number of fused-ring (bicyclic) bond motifs is 1. The molecular formula is C25H28N8. The second-order valence-electron chi connectivity index (χ2n) is 8.29. The van der Waals surface area contributed by atoms with Gasteiger partial charge in [0.25, 0.3) is 0 Å². The number of H-pyrrole nitrogens is 1. The van der Waals surface area contributed by atoms with Gasteiger partial charge < -0.3 is 4.90 Å². The summed E-state index contributed by atoms with van der Waals surface area (Å²) in [5, 5.41) is 16.4. The molecule has 168 valence electrons. The van der Waals surface area contributed by atoms with E-state index in [-0.39, 0.29) is 6.17 Å². The smallest absolute Gasteiger partial charge is 0.205 e. The number of pyridine rings is 1. The van der Waals surface area contributed by atoms with Crippen LogP contribution in [0.25, 0.3) is 22.5 Å². The van der Waals surface area contributed by atoms with Crippen molar-refractivity contribution in [2.24, 2.45) is 5.84 Å². The first-order valence-electron chi connectivity index (χ1n) is 11.4. The molecule has 1 unspecified atom stereocenters. The Morgan fingerprint density at radius 1 is 1.00 bits per heavy atom. The molecule has 3 N–H and O–H groups in total. The molecule has 0 fully saturated rings. The van der Waals surface area contributed by atoms with Crippen molar-refractivity contribution in [2.45, 2.75) is 45.8 Å². The Bertz CT molecular complexity index is 1220.